The van der Waals surface area contributed by atoms with Gasteiger partial charge < -0.3 is 13.7 Å². The van der Waals surface area contributed by atoms with Gasteiger partial charge in [0.25, 0.3) is 0 Å². The van der Waals surface area contributed by atoms with Crippen molar-refractivity contribution in [1.29, 1.82) is 0 Å². The van der Waals surface area contributed by atoms with Gasteiger partial charge in [0.2, 0.25) is 0 Å². The van der Waals surface area contributed by atoms with Gasteiger partial charge in [-0.05, 0) is 96.1 Å². The molecule has 14 aromatic rings. The van der Waals surface area contributed by atoms with Crippen LogP contribution in [0.4, 0.5) is 0 Å². The van der Waals surface area contributed by atoms with Crippen LogP contribution >= 0.6 is 0 Å². The fraction of sp³-hybridized carbons (Fsp3) is 0. The molecular formula is C61H39N7. The zero-order valence-electron chi connectivity index (χ0n) is 36.6. The van der Waals surface area contributed by atoms with Crippen LogP contribution in [-0.2, 0) is 0 Å². The number of aromatic nitrogens is 7. The Hall–Kier alpha value is -9.33. The smallest absolute Gasteiger partial charge is 0.173 e. The SMILES string of the molecule is c1ccc(-c2ncc(-n3ncc4c3ccc3c5cc(-c6ccc7c(c6)c6ccc8c(ccn8-c8ccccc8)c6n7-c6ccccc6)ccc5n(-c5ccccc5)c34)nc2-c2ccccc2)cc1. The lowest BCUT2D eigenvalue weighted by atomic mass is 10.00. The Morgan fingerprint density at radius 2 is 0.809 bits per heavy atom. The summed E-state index contributed by atoms with van der Waals surface area (Å²) >= 11 is 0. The minimum absolute atomic E-state index is 0.654. The molecular weight excluding hydrogens is 831 g/mol. The molecule has 0 aliphatic rings. The van der Waals surface area contributed by atoms with Gasteiger partial charge in [0.1, 0.15) is 0 Å². The molecule has 0 bridgehead atoms. The van der Waals surface area contributed by atoms with Gasteiger partial charge in [-0.15, -0.1) is 0 Å². The van der Waals surface area contributed by atoms with Gasteiger partial charge >= 0.3 is 0 Å². The van der Waals surface area contributed by atoms with Crippen LogP contribution in [0.5, 0.6) is 0 Å². The third kappa shape index (κ3) is 5.82. The van der Waals surface area contributed by atoms with E-state index in [0.717, 1.165) is 78.0 Å². The van der Waals surface area contributed by atoms with Crippen molar-refractivity contribution in [2.24, 2.45) is 0 Å². The molecule has 0 radical (unpaired) electrons. The minimum atomic E-state index is 0.654. The van der Waals surface area contributed by atoms with Crippen molar-refractivity contribution in [2.45, 2.75) is 0 Å². The molecule has 0 amide bonds. The average molecular weight is 870 g/mol. The van der Waals surface area contributed by atoms with E-state index in [0.29, 0.717) is 5.82 Å². The number of rotatable bonds is 7. The Morgan fingerprint density at radius 1 is 0.324 bits per heavy atom. The van der Waals surface area contributed by atoms with E-state index in [4.69, 9.17) is 15.1 Å². The molecule has 5 aromatic heterocycles. The molecule has 0 spiro atoms. The molecule has 14 rings (SSSR count). The first-order valence-corrected chi connectivity index (χ1v) is 22.9. The topological polar surface area (TPSA) is 58.4 Å². The first-order valence-electron chi connectivity index (χ1n) is 22.9. The summed E-state index contributed by atoms with van der Waals surface area (Å²) in [5.41, 5.74) is 16.1. The van der Waals surface area contributed by atoms with E-state index in [1.807, 2.05) is 53.5 Å². The van der Waals surface area contributed by atoms with E-state index < -0.39 is 0 Å². The second kappa shape index (κ2) is 15.1. The Labute approximate surface area is 390 Å². The first-order chi connectivity index (χ1) is 33.7. The molecule has 7 heteroatoms. The molecule has 7 nitrogen and oxygen atoms in total. The fourth-order valence-electron chi connectivity index (χ4n) is 10.5. The highest BCUT2D eigenvalue weighted by atomic mass is 15.3. The number of benzene rings is 9. The molecule has 9 aromatic carbocycles. The van der Waals surface area contributed by atoms with Gasteiger partial charge in [-0.1, -0.05) is 133 Å². The molecule has 0 aliphatic heterocycles. The lowest BCUT2D eigenvalue weighted by Gasteiger charge is -2.11. The van der Waals surface area contributed by atoms with E-state index in [1.54, 1.807) is 0 Å². The predicted octanol–water partition coefficient (Wildman–Crippen LogP) is 15.0. The summed E-state index contributed by atoms with van der Waals surface area (Å²) in [5, 5.41) is 12.0. The van der Waals surface area contributed by atoms with E-state index >= 15 is 0 Å². The van der Waals surface area contributed by atoms with Crippen molar-refractivity contribution in [1.82, 2.24) is 33.4 Å². The van der Waals surface area contributed by atoms with E-state index in [-0.39, 0.29) is 0 Å². The van der Waals surface area contributed by atoms with Crippen LogP contribution in [0.15, 0.2) is 237 Å². The molecule has 0 saturated carbocycles. The largest absolute Gasteiger partial charge is 0.316 e. The van der Waals surface area contributed by atoms with E-state index in [9.17, 15) is 0 Å². The van der Waals surface area contributed by atoms with Crippen LogP contribution in [-0.4, -0.2) is 33.4 Å². The Balaban J connectivity index is 0.948. The zero-order chi connectivity index (χ0) is 44.7. The number of nitrogens with zero attached hydrogens (tertiary/aromatic N) is 7. The minimum Gasteiger partial charge on any atom is -0.316 e. The molecule has 0 atom stereocenters. The quantitative estimate of drug-likeness (QED) is 0.160. The van der Waals surface area contributed by atoms with Crippen LogP contribution in [0.1, 0.15) is 0 Å². The maximum absolute atomic E-state index is 5.28. The maximum atomic E-state index is 5.28. The first kappa shape index (κ1) is 38.0. The third-order valence-corrected chi connectivity index (χ3v) is 13.5. The van der Waals surface area contributed by atoms with Gasteiger partial charge in [0, 0.05) is 66.7 Å². The van der Waals surface area contributed by atoms with Gasteiger partial charge in [-0.2, -0.15) is 5.10 Å². The number of hydrogen-bond donors (Lipinski definition) is 0. The molecule has 68 heavy (non-hydrogen) atoms. The van der Waals surface area contributed by atoms with Gasteiger partial charge in [-0.3, -0.25) is 4.98 Å². The predicted molar refractivity (Wildman–Crippen MR) is 278 cm³/mol. The molecule has 0 unspecified atom stereocenters. The highest BCUT2D eigenvalue weighted by molar-refractivity contribution is 6.21. The number of fused-ring (bicyclic) bond motifs is 10. The van der Waals surface area contributed by atoms with Crippen LogP contribution in [0.3, 0.4) is 0 Å². The molecule has 0 N–H and O–H groups in total. The summed E-state index contributed by atoms with van der Waals surface area (Å²) < 4.78 is 9.02. The Kier molecular flexibility index (Phi) is 8.45. The molecule has 5 heterocycles. The summed E-state index contributed by atoms with van der Waals surface area (Å²) in [6.45, 7) is 0. The van der Waals surface area contributed by atoms with Crippen LogP contribution in [0.25, 0.3) is 122 Å². The third-order valence-electron chi connectivity index (χ3n) is 13.5. The van der Waals surface area contributed by atoms with Crippen LogP contribution < -0.4 is 0 Å². The van der Waals surface area contributed by atoms with E-state index in [2.05, 4.69) is 202 Å². The van der Waals surface area contributed by atoms with Gasteiger partial charge in [0.15, 0.2) is 5.82 Å². The second-order valence-electron chi connectivity index (χ2n) is 17.3. The molecule has 0 fully saturated rings. The van der Waals surface area contributed by atoms with Gasteiger partial charge in [-0.25, -0.2) is 9.67 Å². The van der Waals surface area contributed by atoms with Crippen molar-refractivity contribution < 1.29 is 0 Å². The number of hydrogen-bond acceptors (Lipinski definition) is 3. The lowest BCUT2D eigenvalue weighted by molar-refractivity contribution is 0.867. The summed E-state index contributed by atoms with van der Waals surface area (Å²) in [7, 11) is 0. The lowest BCUT2D eigenvalue weighted by Crippen LogP contribution is -2.03. The Bertz CT molecular complexity index is 4220. The molecule has 318 valence electrons. The van der Waals surface area contributed by atoms with Crippen molar-refractivity contribution in [3.63, 3.8) is 0 Å². The summed E-state index contributed by atoms with van der Waals surface area (Å²) in [4.78, 5) is 10.3. The summed E-state index contributed by atoms with van der Waals surface area (Å²) in [6.07, 6.45) is 6.01. The fourth-order valence-corrected chi connectivity index (χ4v) is 10.5. The monoisotopic (exact) mass is 869 g/mol. The zero-order valence-corrected chi connectivity index (χ0v) is 36.6. The van der Waals surface area contributed by atoms with Crippen molar-refractivity contribution in [2.75, 3.05) is 0 Å². The van der Waals surface area contributed by atoms with Crippen LogP contribution in [0, 0.1) is 0 Å². The average Bonchev–Trinajstić information content (AvgIpc) is 4.20. The highest BCUT2D eigenvalue weighted by Crippen LogP contribution is 2.42. The van der Waals surface area contributed by atoms with Gasteiger partial charge in [0.05, 0.1) is 56.9 Å². The van der Waals surface area contributed by atoms with E-state index in [1.165, 1.54) is 38.1 Å². The second-order valence-corrected chi connectivity index (χ2v) is 17.3. The Morgan fingerprint density at radius 3 is 1.38 bits per heavy atom. The molecule has 0 aliphatic carbocycles. The van der Waals surface area contributed by atoms with Crippen molar-refractivity contribution in [3.8, 4) is 56.5 Å². The normalized spacial score (nSPS) is 11.8. The van der Waals surface area contributed by atoms with Crippen molar-refractivity contribution >= 4 is 65.4 Å². The summed E-state index contributed by atoms with van der Waals surface area (Å²) in [5.74, 6) is 0.654. The number of para-hydroxylation sites is 3. The highest BCUT2D eigenvalue weighted by Gasteiger charge is 2.22. The van der Waals surface area contributed by atoms with Crippen molar-refractivity contribution in [3.05, 3.63) is 237 Å². The maximum Gasteiger partial charge on any atom is 0.173 e. The summed E-state index contributed by atoms with van der Waals surface area (Å²) in [6, 6.07) is 77.6. The standard InChI is InChI=1S/C61H39N7/c1-6-16-40(17-7-1)58-59(41-18-8-2-9-19-41)64-57(39-62-58)68-56-33-29-48-51-37-43(27-31-55(51)67(46-24-14-5-15-25-46)61(48)52(56)38-63-68)42-26-30-54-50(36-42)47-28-32-53-49(34-35-65(53)44-20-10-3-11-21-44)60(47)66(54)45-22-12-4-13-23-45/h1-39H. The van der Waals surface area contributed by atoms with Crippen LogP contribution in [0.2, 0.25) is 0 Å². The molecule has 0 saturated heterocycles.